The molecule has 0 spiro atoms. The number of carboxylic acid groups (broad SMARTS) is 1. The second-order valence-electron chi connectivity index (χ2n) is 4.11. The minimum absolute atomic E-state index is 0.0101. The molecule has 0 aromatic rings. The van der Waals surface area contributed by atoms with E-state index < -0.39 is 27.9 Å². The van der Waals surface area contributed by atoms with Crippen LogP contribution in [0.15, 0.2) is 0 Å². The summed E-state index contributed by atoms with van der Waals surface area (Å²) in [4.78, 5) is 23.1. The lowest BCUT2D eigenvalue weighted by atomic mass is 10.1. The second-order valence-corrected chi connectivity index (χ2v) is 5.52. The van der Waals surface area contributed by atoms with Gasteiger partial charge < -0.3 is 10.0 Å². The van der Waals surface area contributed by atoms with E-state index in [1.807, 2.05) is 0 Å². The Kier molecular flexibility index (Phi) is 4.44. The Morgan fingerprint density at radius 3 is 2.71 bits per heavy atom. The number of hydrogen-bond acceptors (Lipinski definition) is 4. The van der Waals surface area contributed by atoms with Gasteiger partial charge in [-0.3, -0.25) is 9.59 Å². The van der Waals surface area contributed by atoms with Crippen LogP contribution >= 0.6 is 0 Å². The van der Waals surface area contributed by atoms with Crippen molar-refractivity contribution in [3.63, 3.8) is 0 Å². The van der Waals surface area contributed by atoms with E-state index in [0.29, 0.717) is 6.42 Å². The van der Waals surface area contributed by atoms with Gasteiger partial charge in [-0.2, -0.15) is 8.42 Å². The van der Waals surface area contributed by atoms with Gasteiger partial charge in [0.05, 0.1) is 5.75 Å². The molecule has 6 nitrogen and oxygen atoms in total. The van der Waals surface area contributed by atoms with Gasteiger partial charge in [0.25, 0.3) is 0 Å². The topological polar surface area (TPSA) is 91.8 Å². The minimum atomic E-state index is -4.56. The fourth-order valence-corrected chi connectivity index (χ4v) is 2.67. The number of halogens is 1. The van der Waals surface area contributed by atoms with E-state index in [1.54, 1.807) is 0 Å². The molecule has 1 aliphatic heterocycles. The first-order valence-corrected chi connectivity index (χ1v) is 6.75. The van der Waals surface area contributed by atoms with Crippen LogP contribution in [-0.4, -0.2) is 49.1 Å². The van der Waals surface area contributed by atoms with Gasteiger partial charge >= 0.3 is 16.2 Å². The van der Waals surface area contributed by atoms with Crippen LogP contribution in [0.5, 0.6) is 0 Å². The van der Waals surface area contributed by atoms with Crippen molar-refractivity contribution in [2.24, 2.45) is 5.92 Å². The highest BCUT2D eigenvalue weighted by Crippen LogP contribution is 2.20. The number of likely N-dealkylation sites (tertiary alicyclic amines) is 1. The number of amides is 1. The van der Waals surface area contributed by atoms with Crippen molar-refractivity contribution in [2.45, 2.75) is 19.3 Å². The molecule has 0 aromatic heterocycles. The molecule has 1 rings (SSSR count). The molecule has 17 heavy (non-hydrogen) atoms. The first-order chi connectivity index (χ1) is 7.78. The van der Waals surface area contributed by atoms with Crippen molar-refractivity contribution >= 4 is 22.1 Å². The van der Waals surface area contributed by atoms with Crippen LogP contribution in [0.25, 0.3) is 0 Å². The predicted molar refractivity (Wildman–Crippen MR) is 56.5 cm³/mol. The maximum Gasteiger partial charge on any atom is 0.303 e. The smallest absolute Gasteiger partial charge is 0.303 e. The van der Waals surface area contributed by atoms with Crippen LogP contribution in [0.3, 0.4) is 0 Å². The third-order valence-electron chi connectivity index (χ3n) is 2.55. The molecule has 1 amide bonds. The lowest BCUT2D eigenvalue weighted by Crippen LogP contribution is -2.27. The van der Waals surface area contributed by atoms with Crippen molar-refractivity contribution in [3.8, 4) is 0 Å². The Bertz CT molecular complexity index is 408. The monoisotopic (exact) mass is 267 g/mol. The van der Waals surface area contributed by atoms with Gasteiger partial charge in [-0.25, -0.2) is 0 Å². The zero-order valence-corrected chi connectivity index (χ0v) is 9.95. The zero-order valence-electron chi connectivity index (χ0n) is 9.13. The molecule has 0 bridgehead atoms. The van der Waals surface area contributed by atoms with E-state index in [9.17, 15) is 21.9 Å². The Balaban J connectivity index is 2.39. The zero-order chi connectivity index (χ0) is 13.1. The van der Waals surface area contributed by atoms with Crippen molar-refractivity contribution in [1.29, 1.82) is 0 Å². The number of hydrogen-bond donors (Lipinski definition) is 1. The fourth-order valence-electron chi connectivity index (χ4n) is 1.88. The quantitative estimate of drug-likeness (QED) is 0.684. The molecule has 8 heteroatoms. The normalized spacial score (nSPS) is 20.9. The first kappa shape index (κ1) is 13.9. The van der Waals surface area contributed by atoms with E-state index in [4.69, 9.17) is 5.11 Å². The highest BCUT2D eigenvalue weighted by molar-refractivity contribution is 7.86. The lowest BCUT2D eigenvalue weighted by molar-refractivity contribution is -0.137. The Morgan fingerprint density at radius 2 is 2.18 bits per heavy atom. The van der Waals surface area contributed by atoms with E-state index in [1.165, 1.54) is 4.90 Å². The molecule has 1 fully saturated rings. The second kappa shape index (κ2) is 5.44. The molecular weight excluding hydrogens is 253 g/mol. The van der Waals surface area contributed by atoms with Gasteiger partial charge in [0, 0.05) is 31.8 Å². The van der Waals surface area contributed by atoms with Gasteiger partial charge in [-0.05, 0) is 6.42 Å². The Hall–Kier alpha value is -1.18. The van der Waals surface area contributed by atoms with Crippen LogP contribution in [0, 0.1) is 5.92 Å². The molecule has 0 aromatic carbocycles. The molecule has 1 atom stereocenters. The van der Waals surface area contributed by atoms with Gasteiger partial charge in [0.1, 0.15) is 0 Å². The molecule has 0 aliphatic carbocycles. The highest BCUT2D eigenvalue weighted by Gasteiger charge is 2.32. The lowest BCUT2D eigenvalue weighted by Gasteiger charge is -2.15. The molecule has 1 aliphatic rings. The molecule has 98 valence electrons. The first-order valence-electron chi connectivity index (χ1n) is 5.20. The van der Waals surface area contributed by atoms with E-state index in [0.717, 1.165) is 0 Å². The summed E-state index contributed by atoms with van der Waals surface area (Å²) in [6.07, 6.45) is 0.280. The summed E-state index contributed by atoms with van der Waals surface area (Å²) in [6, 6.07) is 0. The summed E-state index contributed by atoms with van der Waals surface area (Å²) >= 11 is 0. The van der Waals surface area contributed by atoms with E-state index >= 15 is 0 Å². The minimum Gasteiger partial charge on any atom is -0.481 e. The summed E-state index contributed by atoms with van der Waals surface area (Å²) in [5, 5.41) is 8.43. The third kappa shape index (κ3) is 5.12. The number of aliphatic carboxylic acids is 1. The highest BCUT2D eigenvalue weighted by atomic mass is 32.3. The number of rotatable bonds is 6. The summed E-state index contributed by atoms with van der Waals surface area (Å²) < 4.78 is 33.3. The maximum absolute atomic E-state index is 12.4. The molecule has 1 unspecified atom stereocenters. The molecule has 1 heterocycles. The summed E-state index contributed by atoms with van der Waals surface area (Å²) in [7, 11) is -4.56. The van der Waals surface area contributed by atoms with Gasteiger partial charge in [0.15, 0.2) is 0 Å². The van der Waals surface area contributed by atoms with Crippen LogP contribution in [0.1, 0.15) is 19.3 Å². The average molecular weight is 267 g/mol. The number of nitrogens with zero attached hydrogens (tertiary/aromatic N) is 1. The number of carboxylic acids is 1. The molecule has 0 radical (unpaired) electrons. The predicted octanol–water partition coefficient (Wildman–Crippen LogP) is -0.001000. The summed E-state index contributed by atoms with van der Waals surface area (Å²) in [6.45, 7) is 0.454. The Morgan fingerprint density at radius 1 is 1.53 bits per heavy atom. The molecule has 1 saturated heterocycles. The van der Waals surface area contributed by atoms with Crippen LogP contribution in [0.2, 0.25) is 0 Å². The van der Waals surface area contributed by atoms with Gasteiger partial charge in [0.2, 0.25) is 5.91 Å². The van der Waals surface area contributed by atoms with Crippen LogP contribution in [0.4, 0.5) is 3.89 Å². The molecule has 1 N–H and O–H groups in total. The maximum atomic E-state index is 12.4. The van der Waals surface area contributed by atoms with Crippen LogP contribution in [-0.2, 0) is 19.8 Å². The number of carbonyl (C=O) groups is 2. The summed E-state index contributed by atoms with van der Waals surface area (Å²) in [5.41, 5.74) is 0. The van der Waals surface area contributed by atoms with E-state index in [-0.39, 0.29) is 31.8 Å². The van der Waals surface area contributed by atoms with Crippen LogP contribution < -0.4 is 0 Å². The largest absolute Gasteiger partial charge is 0.481 e. The third-order valence-corrected chi connectivity index (χ3v) is 3.42. The van der Waals surface area contributed by atoms with E-state index in [2.05, 4.69) is 0 Å². The van der Waals surface area contributed by atoms with Crippen molar-refractivity contribution in [3.05, 3.63) is 0 Å². The standard InChI is InChI=1S/C9H14FNO5S/c10-17(15,16)6-7-4-8(12)11(5-7)3-1-2-9(13)14/h7H,1-6H2,(H,13,14). The Labute approximate surface area is 98.6 Å². The molecular formula is C9H14FNO5S. The average Bonchev–Trinajstić information content (AvgIpc) is 2.42. The fraction of sp³-hybridized carbons (Fsp3) is 0.778. The van der Waals surface area contributed by atoms with Crippen molar-refractivity contribution < 1.29 is 27.0 Å². The van der Waals surface area contributed by atoms with Gasteiger partial charge in [-0.1, -0.05) is 0 Å². The van der Waals surface area contributed by atoms with Crippen molar-refractivity contribution in [1.82, 2.24) is 4.90 Å². The van der Waals surface area contributed by atoms with Gasteiger partial charge in [-0.15, -0.1) is 3.89 Å². The SMILES string of the molecule is O=C(O)CCCN1CC(CS(=O)(=O)F)CC1=O. The molecule has 0 saturated carbocycles. The number of carbonyl (C=O) groups excluding carboxylic acids is 1. The summed E-state index contributed by atoms with van der Waals surface area (Å²) in [5.74, 6) is -2.36. The van der Waals surface area contributed by atoms with Crippen molar-refractivity contribution in [2.75, 3.05) is 18.8 Å².